The average molecular weight is 291 g/mol. The first kappa shape index (κ1) is 17.2. The maximum absolute atomic E-state index is 12.2. The normalized spacial score (nSPS) is 11.1. The van der Waals surface area contributed by atoms with Gasteiger partial charge in [0.2, 0.25) is 5.91 Å². The standard InChI is InChI=1S/C17H25NO3/c1-12-7-8-14(13(11-12)17(2,3)4)18(5)15(19)9-10-16(20)21-6/h7-8,11H,9-10H2,1-6H3. The van der Waals surface area contributed by atoms with Crippen molar-refractivity contribution in [2.24, 2.45) is 0 Å². The summed E-state index contributed by atoms with van der Waals surface area (Å²) in [5.41, 5.74) is 3.12. The van der Waals surface area contributed by atoms with Gasteiger partial charge < -0.3 is 9.64 Å². The van der Waals surface area contributed by atoms with Crippen molar-refractivity contribution < 1.29 is 14.3 Å². The van der Waals surface area contributed by atoms with Crippen molar-refractivity contribution in [1.29, 1.82) is 0 Å². The molecule has 0 aliphatic carbocycles. The molecule has 1 aromatic carbocycles. The fourth-order valence-electron chi connectivity index (χ4n) is 2.16. The third kappa shape index (κ3) is 4.59. The Morgan fingerprint density at radius 3 is 2.33 bits per heavy atom. The highest BCUT2D eigenvalue weighted by molar-refractivity contribution is 5.95. The third-order valence-corrected chi connectivity index (χ3v) is 3.47. The van der Waals surface area contributed by atoms with Gasteiger partial charge in [0.15, 0.2) is 0 Å². The summed E-state index contributed by atoms with van der Waals surface area (Å²) in [4.78, 5) is 25.0. The van der Waals surface area contributed by atoms with Gasteiger partial charge >= 0.3 is 5.97 Å². The number of rotatable bonds is 4. The summed E-state index contributed by atoms with van der Waals surface area (Å²) < 4.78 is 4.57. The van der Waals surface area contributed by atoms with Crippen LogP contribution in [0, 0.1) is 6.92 Å². The molecule has 0 radical (unpaired) electrons. The third-order valence-electron chi connectivity index (χ3n) is 3.47. The Balaban J connectivity index is 2.99. The first-order valence-corrected chi connectivity index (χ1v) is 7.11. The van der Waals surface area contributed by atoms with Crippen molar-refractivity contribution in [3.05, 3.63) is 29.3 Å². The van der Waals surface area contributed by atoms with E-state index < -0.39 is 0 Å². The van der Waals surface area contributed by atoms with Crippen LogP contribution in [0.3, 0.4) is 0 Å². The minimum atomic E-state index is -0.364. The van der Waals surface area contributed by atoms with E-state index in [-0.39, 0.29) is 30.1 Å². The quantitative estimate of drug-likeness (QED) is 0.800. The van der Waals surface area contributed by atoms with Crippen LogP contribution in [0.2, 0.25) is 0 Å². The molecule has 1 aromatic rings. The molecule has 1 rings (SSSR count). The Labute approximate surface area is 127 Å². The molecule has 4 heteroatoms. The number of nitrogens with zero attached hydrogens (tertiary/aromatic N) is 1. The minimum Gasteiger partial charge on any atom is -0.469 e. The molecule has 0 bridgehead atoms. The minimum absolute atomic E-state index is 0.0573. The lowest BCUT2D eigenvalue weighted by atomic mass is 9.84. The summed E-state index contributed by atoms with van der Waals surface area (Å²) in [6, 6.07) is 6.07. The molecule has 1 amide bonds. The van der Waals surface area contributed by atoms with E-state index in [2.05, 4.69) is 31.6 Å². The van der Waals surface area contributed by atoms with Gasteiger partial charge in [0.1, 0.15) is 0 Å². The average Bonchev–Trinajstić information content (AvgIpc) is 2.42. The number of aryl methyl sites for hydroxylation is 1. The topological polar surface area (TPSA) is 46.6 Å². The van der Waals surface area contributed by atoms with Gasteiger partial charge in [-0.05, 0) is 24.0 Å². The highest BCUT2D eigenvalue weighted by Gasteiger charge is 2.22. The Hall–Kier alpha value is -1.84. The van der Waals surface area contributed by atoms with Gasteiger partial charge in [0, 0.05) is 19.2 Å². The Kier molecular flexibility index (Phi) is 5.53. The summed E-state index contributed by atoms with van der Waals surface area (Å²) >= 11 is 0. The number of ether oxygens (including phenoxy) is 1. The zero-order valence-corrected chi connectivity index (χ0v) is 13.8. The second-order valence-electron chi connectivity index (χ2n) is 6.30. The molecular weight excluding hydrogens is 266 g/mol. The number of carbonyl (C=O) groups excluding carboxylic acids is 2. The SMILES string of the molecule is COC(=O)CCC(=O)N(C)c1ccc(C)cc1C(C)(C)C. The lowest BCUT2D eigenvalue weighted by Crippen LogP contribution is -2.29. The summed E-state index contributed by atoms with van der Waals surface area (Å²) in [7, 11) is 3.08. The summed E-state index contributed by atoms with van der Waals surface area (Å²) in [5, 5.41) is 0. The molecule has 0 spiro atoms. The zero-order chi connectivity index (χ0) is 16.2. The van der Waals surface area contributed by atoms with Gasteiger partial charge in [-0.15, -0.1) is 0 Å². The number of anilines is 1. The second-order valence-corrected chi connectivity index (χ2v) is 6.30. The number of benzene rings is 1. The Morgan fingerprint density at radius 2 is 1.81 bits per heavy atom. The fourth-order valence-corrected chi connectivity index (χ4v) is 2.16. The van der Waals surface area contributed by atoms with Gasteiger partial charge in [0.25, 0.3) is 0 Å². The van der Waals surface area contributed by atoms with Crippen molar-refractivity contribution >= 4 is 17.6 Å². The van der Waals surface area contributed by atoms with Crippen LogP contribution in [0.15, 0.2) is 18.2 Å². The van der Waals surface area contributed by atoms with E-state index in [4.69, 9.17) is 0 Å². The Bertz CT molecular complexity index is 529. The first-order valence-electron chi connectivity index (χ1n) is 7.11. The number of carbonyl (C=O) groups is 2. The lowest BCUT2D eigenvalue weighted by molar-refractivity contribution is -0.141. The molecule has 0 unspecified atom stereocenters. The van der Waals surface area contributed by atoms with E-state index in [1.54, 1.807) is 11.9 Å². The van der Waals surface area contributed by atoms with E-state index in [1.807, 2.05) is 19.1 Å². The maximum atomic E-state index is 12.2. The number of hydrogen-bond acceptors (Lipinski definition) is 3. The number of methoxy groups -OCH3 is 1. The molecular formula is C17H25NO3. The molecule has 0 aliphatic rings. The highest BCUT2D eigenvalue weighted by atomic mass is 16.5. The van der Waals surface area contributed by atoms with Gasteiger partial charge in [-0.25, -0.2) is 0 Å². The van der Waals surface area contributed by atoms with Gasteiger partial charge in [-0.3, -0.25) is 9.59 Å². The van der Waals surface area contributed by atoms with Crippen LogP contribution in [-0.4, -0.2) is 26.0 Å². The molecule has 21 heavy (non-hydrogen) atoms. The van der Waals surface area contributed by atoms with Crippen LogP contribution >= 0.6 is 0 Å². The van der Waals surface area contributed by atoms with Crippen molar-refractivity contribution in [2.75, 3.05) is 19.1 Å². The summed E-state index contributed by atoms with van der Waals surface area (Å²) in [6.07, 6.45) is 0.261. The van der Waals surface area contributed by atoms with Crippen molar-refractivity contribution in [3.8, 4) is 0 Å². The first-order chi connectivity index (χ1) is 9.66. The van der Waals surface area contributed by atoms with Crippen LogP contribution in [-0.2, 0) is 19.7 Å². The van der Waals surface area contributed by atoms with Crippen LogP contribution in [0.25, 0.3) is 0 Å². The molecule has 116 valence electrons. The second kappa shape index (κ2) is 6.74. The zero-order valence-electron chi connectivity index (χ0n) is 13.8. The molecule has 0 N–H and O–H groups in total. The van der Waals surface area contributed by atoms with E-state index in [0.29, 0.717) is 0 Å². The predicted octanol–water partition coefficient (Wildman–Crippen LogP) is 3.21. The summed E-state index contributed by atoms with van der Waals surface area (Å²) in [5.74, 6) is -0.452. The molecule has 0 aliphatic heterocycles. The molecule has 0 saturated carbocycles. The van der Waals surface area contributed by atoms with Gasteiger partial charge in [-0.1, -0.05) is 38.5 Å². The molecule has 0 saturated heterocycles. The maximum Gasteiger partial charge on any atom is 0.306 e. The van der Waals surface area contributed by atoms with E-state index >= 15 is 0 Å². The predicted molar refractivity (Wildman–Crippen MR) is 84.5 cm³/mol. The van der Waals surface area contributed by atoms with Crippen molar-refractivity contribution in [2.45, 2.75) is 46.0 Å². The smallest absolute Gasteiger partial charge is 0.306 e. The van der Waals surface area contributed by atoms with Gasteiger partial charge in [-0.2, -0.15) is 0 Å². The number of amides is 1. The Morgan fingerprint density at radius 1 is 1.19 bits per heavy atom. The van der Waals surface area contributed by atoms with E-state index in [0.717, 1.165) is 11.3 Å². The number of esters is 1. The van der Waals surface area contributed by atoms with Crippen LogP contribution < -0.4 is 4.90 Å². The van der Waals surface area contributed by atoms with Crippen LogP contribution in [0.1, 0.15) is 44.7 Å². The fraction of sp³-hybridized carbons (Fsp3) is 0.529. The molecule has 4 nitrogen and oxygen atoms in total. The molecule has 0 aromatic heterocycles. The molecule has 0 fully saturated rings. The van der Waals surface area contributed by atoms with Crippen molar-refractivity contribution in [3.63, 3.8) is 0 Å². The monoisotopic (exact) mass is 291 g/mol. The van der Waals surface area contributed by atoms with Crippen molar-refractivity contribution in [1.82, 2.24) is 0 Å². The highest BCUT2D eigenvalue weighted by Crippen LogP contribution is 2.32. The summed E-state index contributed by atoms with van der Waals surface area (Å²) in [6.45, 7) is 8.41. The van der Waals surface area contributed by atoms with Crippen LogP contribution in [0.5, 0.6) is 0 Å². The lowest BCUT2D eigenvalue weighted by Gasteiger charge is -2.28. The largest absolute Gasteiger partial charge is 0.469 e. The van der Waals surface area contributed by atoms with Gasteiger partial charge in [0.05, 0.1) is 13.5 Å². The van der Waals surface area contributed by atoms with E-state index in [1.165, 1.54) is 12.7 Å². The molecule has 0 heterocycles. The van der Waals surface area contributed by atoms with Crippen LogP contribution in [0.4, 0.5) is 5.69 Å². The van der Waals surface area contributed by atoms with E-state index in [9.17, 15) is 9.59 Å². The number of hydrogen-bond donors (Lipinski definition) is 0. The molecule has 0 atom stereocenters.